The first-order valence-corrected chi connectivity index (χ1v) is 11.3. The summed E-state index contributed by atoms with van der Waals surface area (Å²) in [5, 5.41) is 5.82. The third-order valence-corrected chi connectivity index (χ3v) is 5.26. The van der Waals surface area contributed by atoms with E-state index < -0.39 is 0 Å². The largest absolute Gasteiger partial charge is 0.491 e. The number of amides is 2. The Kier molecular flexibility index (Phi) is 9.01. The van der Waals surface area contributed by atoms with E-state index in [2.05, 4.69) is 10.6 Å². The molecule has 0 bridgehead atoms. The SMILES string of the molecule is CCOCCOc1cccc(C(=O)NC(=S)Nc2ccc(C(=O)N3CCCCC3)cc2)c1. The molecule has 1 aliphatic rings. The number of ether oxygens (including phenoxy) is 2. The smallest absolute Gasteiger partial charge is 0.257 e. The van der Waals surface area contributed by atoms with Gasteiger partial charge in [-0.05, 0) is 80.9 Å². The quantitative estimate of drug-likeness (QED) is 0.465. The molecule has 1 heterocycles. The summed E-state index contributed by atoms with van der Waals surface area (Å²) in [5.74, 6) is 0.301. The zero-order chi connectivity index (χ0) is 22.8. The minimum atomic E-state index is -0.338. The first kappa shape index (κ1) is 23.7. The lowest BCUT2D eigenvalue weighted by molar-refractivity contribution is 0.0724. The van der Waals surface area contributed by atoms with Gasteiger partial charge < -0.3 is 19.7 Å². The third-order valence-electron chi connectivity index (χ3n) is 5.06. The van der Waals surface area contributed by atoms with Crippen LogP contribution in [0.4, 0.5) is 5.69 Å². The normalized spacial score (nSPS) is 13.3. The fourth-order valence-corrected chi connectivity index (χ4v) is 3.61. The molecule has 0 spiro atoms. The van der Waals surface area contributed by atoms with Crippen LogP contribution >= 0.6 is 12.2 Å². The number of rotatable bonds is 8. The summed E-state index contributed by atoms with van der Waals surface area (Å²) in [7, 11) is 0. The van der Waals surface area contributed by atoms with Gasteiger partial charge in [0.15, 0.2) is 5.11 Å². The Hall–Kier alpha value is -2.97. The molecule has 0 radical (unpaired) electrons. The lowest BCUT2D eigenvalue weighted by Gasteiger charge is -2.26. The number of nitrogens with zero attached hydrogens (tertiary/aromatic N) is 1. The second-order valence-electron chi connectivity index (χ2n) is 7.41. The predicted molar refractivity (Wildman–Crippen MR) is 128 cm³/mol. The predicted octanol–water partition coefficient (Wildman–Crippen LogP) is 3.85. The van der Waals surface area contributed by atoms with Crippen LogP contribution in [0.1, 0.15) is 46.9 Å². The van der Waals surface area contributed by atoms with Crippen LogP contribution in [0.5, 0.6) is 5.75 Å². The van der Waals surface area contributed by atoms with Crippen molar-refractivity contribution in [3.05, 3.63) is 59.7 Å². The molecule has 170 valence electrons. The van der Waals surface area contributed by atoms with E-state index in [1.165, 1.54) is 6.42 Å². The summed E-state index contributed by atoms with van der Waals surface area (Å²) in [6.07, 6.45) is 3.30. The molecule has 1 aliphatic heterocycles. The average Bonchev–Trinajstić information content (AvgIpc) is 2.82. The number of hydrogen-bond acceptors (Lipinski definition) is 5. The number of anilines is 1. The highest BCUT2D eigenvalue weighted by atomic mass is 32.1. The molecule has 0 aromatic heterocycles. The minimum absolute atomic E-state index is 0.0514. The monoisotopic (exact) mass is 455 g/mol. The molecule has 0 unspecified atom stereocenters. The maximum absolute atomic E-state index is 12.6. The van der Waals surface area contributed by atoms with Crippen molar-refractivity contribution >= 4 is 34.8 Å². The van der Waals surface area contributed by atoms with Gasteiger partial charge in [-0.3, -0.25) is 14.9 Å². The number of carbonyl (C=O) groups is 2. The molecule has 32 heavy (non-hydrogen) atoms. The number of carbonyl (C=O) groups excluding carboxylic acids is 2. The lowest BCUT2D eigenvalue weighted by Crippen LogP contribution is -2.35. The lowest BCUT2D eigenvalue weighted by atomic mass is 10.1. The first-order chi connectivity index (χ1) is 15.6. The Morgan fingerprint density at radius 2 is 1.75 bits per heavy atom. The molecule has 2 amide bonds. The molecule has 2 aromatic rings. The van der Waals surface area contributed by atoms with Crippen molar-refractivity contribution < 1.29 is 19.1 Å². The summed E-state index contributed by atoms with van der Waals surface area (Å²) in [6.45, 7) is 5.08. The van der Waals surface area contributed by atoms with Gasteiger partial charge in [0, 0.05) is 36.5 Å². The van der Waals surface area contributed by atoms with Crippen LogP contribution in [-0.4, -0.2) is 54.7 Å². The van der Waals surface area contributed by atoms with E-state index >= 15 is 0 Å². The molecule has 1 fully saturated rings. The Balaban J connectivity index is 1.50. The maximum atomic E-state index is 12.6. The van der Waals surface area contributed by atoms with E-state index in [1.807, 2.05) is 11.8 Å². The fraction of sp³-hybridized carbons (Fsp3) is 0.375. The number of nitrogens with one attached hydrogen (secondary N) is 2. The number of piperidine rings is 1. The number of likely N-dealkylation sites (tertiary alicyclic amines) is 1. The van der Waals surface area contributed by atoms with E-state index in [0.29, 0.717) is 42.4 Å². The zero-order valence-corrected chi connectivity index (χ0v) is 19.1. The number of hydrogen-bond donors (Lipinski definition) is 2. The average molecular weight is 456 g/mol. The van der Waals surface area contributed by atoms with Crippen molar-refractivity contribution in [3.63, 3.8) is 0 Å². The van der Waals surface area contributed by atoms with Crippen molar-refractivity contribution in [3.8, 4) is 5.75 Å². The standard InChI is InChI=1S/C24H29N3O4S/c1-2-30-15-16-31-21-8-6-7-19(17-21)22(28)26-24(32)25-20-11-9-18(10-12-20)23(29)27-13-4-3-5-14-27/h6-12,17H,2-5,13-16H2,1H3,(H2,25,26,28,32). The zero-order valence-electron chi connectivity index (χ0n) is 18.3. The minimum Gasteiger partial charge on any atom is -0.491 e. The van der Waals surface area contributed by atoms with E-state index in [1.54, 1.807) is 48.5 Å². The number of thiocarbonyl (C=S) groups is 1. The molecular weight excluding hydrogens is 426 g/mol. The summed E-state index contributed by atoms with van der Waals surface area (Å²) < 4.78 is 10.8. The van der Waals surface area contributed by atoms with Crippen molar-refractivity contribution in [2.45, 2.75) is 26.2 Å². The molecule has 2 aromatic carbocycles. The van der Waals surface area contributed by atoms with Crippen LogP contribution < -0.4 is 15.4 Å². The summed E-state index contributed by atoms with van der Waals surface area (Å²) in [4.78, 5) is 27.0. The highest BCUT2D eigenvalue weighted by molar-refractivity contribution is 7.80. The molecule has 8 heteroatoms. The number of benzene rings is 2. The Labute approximate surface area is 194 Å². The molecule has 1 saturated heterocycles. The van der Waals surface area contributed by atoms with Gasteiger partial charge in [0.2, 0.25) is 0 Å². The first-order valence-electron chi connectivity index (χ1n) is 10.9. The summed E-state index contributed by atoms with van der Waals surface area (Å²) in [5.41, 5.74) is 1.78. The molecule has 0 saturated carbocycles. The highest BCUT2D eigenvalue weighted by Crippen LogP contribution is 2.16. The Morgan fingerprint density at radius 3 is 2.47 bits per heavy atom. The summed E-state index contributed by atoms with van der Waals surface area (Å²) >= 11 is 5.26. The molecular formula is C24H29N3O4S. The van der Waals surface area contributed by atoms with Crippen LogP contribution in [0.3, 0.4) is 0 Å². The van der Waals surface area contributed by atoms with Crippen molar-refractivity contribution in [2.24, 2.45) is 0 Å². The highest BCUT2D eigenvalue weighted by Gasteiger charge is 2.18. The van der Waals surface area contributed by atoms with Crippen LogP contribution in [0.25, 0.3) is 0 Å². The van der Waals surface area contributed by atoms with Gasteiger partial charge >= 0.3 is 0 Å². The van der Waals surface area contributed by atoms with E-state index in [9.17, 15) is 9.59 Å². The molecule has 0 atom stereocenters. The van der Waals surface area contributed by atoms with Crippen LogP contribution in [0, 0.1) is 0 Å². The van der Waals surface area contributed by atoms with Gasteiger partial charge in [-0.1, -0.05) is 6.07 Å². The van der Waals surface area contributed by atoms with Crippen LogP contribution in [0.15, 0.2) is 48.5 Å². The summed E-state index contributed by atoms with van der Waals surface area (Å²) in [6, 6.07) is 14.0. The molecule has 3 rings (SSSR count). The maximum Gasteiger partial charge on any atom is 0.257 e. The Morgan fingerprint density at radius 1 is 1.00 bits per heavy atom. The molecule has 2 N–H and O–H groups in total. The second kappa shape index (κ2) is 12.2. The van der Waals surface area contributed by atoms with Gasteiger partial charge in [-0.2, -0.15) is 0 Å². The van der Waals surface area contributed by atoms with Gasteiger partial charge in [-0.15, -0.1) is 0 Å². The van der Waals surface area contributed by atoms with Gasteiger partial charge in [0.05, 0.1) is 6.61 Å². The molecule has 0 aliphatic carbocycles. The van der Waals surface area contributed by atoms with Gasteiger partial charge in [0.1, 0.15) is 12.4 Å². The van der Waals surface area contributed by atoms with Crippen molar-refractivity contribution in [1.82, 2.24) is 10.2 Å². The van der Waals surface area contributed by atoms with Gasteiger partial charge in [0.25, 0.3) is 11.8 Å². The Bertz CT molecular complexity index is 927. The van der Waals surface area contributed by atoms with E-state index in [0.717, 1.165) is 25.9 Å². The fourth-order valence-electron chi connectivity index (χ4n) is 3.40. The van der Waals surface area contributed by atoms with Crippen LogP contribution in [0.2, 0.25) is 0 Å². The topological polar surface area (TPSA) is 79.9 Å². The van der Waals surface area contributed by atoms with Crippen molar-refractivity contribution in [1.29, 1.82) is 0 Å². The van der Waals surface area contributed by atoms with Crippen molar-refractivity contribution in [2.75, 3.05) is 38.2 Å². The van der Waals surface area contributed by atoms with Crippen LogP contribution in [-0.2, 0) is 4.74 Å². The van der Waals surface area contributed by atoms with E-state index in [-0.39, 0.29) is 16.9 Å². The van der Waals surface area contributed by atoms with E-state index in [4.69, 9.17) is 21.7 Å². The third kappa shape index (κ3) is 7.03. The second-order valence-corrected chi connectivity index (χ2v) is 7.82. The van der Waals surface area contributed by atoms with Gasteiger partial charge in [-0.25, -0.2) is 0 Å². The molecule has 7 nitrogen and oxygen atoms in total.